The molecule has 29 heavy (non-hydrogen) atoms. The number of carbonyl (C=O) groups excluding carboxylic acids is 2. The molecule has 1 aliphatic rings. The summed E-state index contributed by atoms with van der Waals surface area (Å²) in [5, 5.41) is 6.56. The summed E-state index contributed by atoms with van der Waals surface area (Å²) < 4.78 is 0. The van der Waals surface area contributed by atoms with Crippen LogP contribution in [0.1, 0.15) is 30.4 Å². The summed E-state index contributed by atoms with van der Waals surface area (Å²) in [6, 6.07) is 15.8. The zero-order valence-corrected chi connectivity index (χ0v) is 17.5. The molecule has 0 bridgehead atoms. The molecule has 1 heterocycles. The molecular formula is C23H28ClN3O2. The second-order valence-corrected chi connectivity index (χ2v) is 8.04. The van der Waals surface area contributed by atoms with Crippen molar-refractivity contribution in [1.82, 2.24) is 10.2 Å². The Hall–Kier alpha value is -2.37. The number of hydrogen-bond donors (Lipinski definition) is 2. The molecule has 0 aromatic heterocycles. The first-order chi connectivity index (χ1) is 14.0. The maximum atomic E-state index is 12.3. The fourth-order valence-corrected chi connectivity index (χ4v) is 3.83. The van der Waals surface area contributed by atoms with E-state index in [-0.39, 0.29) is 17.9 Å². The topological polar surface area (TPSA) is 61.4 Å². The number of aryl methyl sites for hydroxylation is 2. The SMILES string of the molecule is Cc1ccc(NC(=O)CN2CCC(NC(=O)CCc3ccccc3)CC2)c(Cl)c1. The lowest BCUT2D eigenvalue weighted by Crippen LogP contribution is -2.46. The molecule has 1 aliphatic heterocycles. The Morgan fingerprint density at radius 2 is 1.79 bits per heavy atom. The minimum absolute atomic E-state index is 0.0684. The number of benzene rings is 2. The van der Waals surface area contributed by atoms with Crippen LogP contribution in [-0.4, -0.2) is 42.4 Å². The minimum Gasteiger partial charge on any atom is -0.353 e. The van der Waals surface area contributed by atoms with Gasteiger partial charge in [0.1, 0.15) is 0 Å². The number of piperidine rings is 1. The van der Waals surface area contributed by atoms with Crippen molar-refractivity contribution in [2.45, 2.75) is 38.6 Å². The normalized spacial score (nSPS) is 15.1. The molecule has 1 saturated heterocycles. The molecule has 2 amide bonds. The van der Waals surface area contributed by atoms with Gasteiger partial charge in [-0.1, -0.05) is 48.0 Å². The Balaban J connectivity index is 1.36. The largest absolute Gasteiger partial charge is 0.353 e. The van der Waals surface area contributed by atoms with Crippen LogP contribution < -0.4 is 10.6 Å². The van der Waals surface area contributed by atoms with Crippen molar-refractivity contribution in [1.29, 1.82) is 0 Å². The van der Waals surface area contributed by atoms with Gasteiger partial charge in [0.15, 0.2) is 0 Å². The van der Waals surface area contributed by atoms with E-state index in [1.165, 1.54) is 5.56 Å². The van der Waals surface area contributed by atoms with Crippen molar-refractivity contribution >= 4 is 29.1 Å². The summed E-state index contributed by atoms with van der Waals surface area (Å²) in [5.41, 5.74) is 2.88. The van der Waals surface area contributed by atoms with Gasteiger partial charge in [0.2, 0.25) is 11.8 Å². The van der Waals surface area contributed by atoms with E-state index in [1.807, 2.05) is 55.5 Å². The molecule has 1 fully saturated rings. The number of carbonyl (C=O) groups is 2. The zero-order chi connectivity index (χ0) is 20.6. The van der Waals surface area contributed by atoms with E-state index in [2.05, 4.69) is 15.5 Å². The first-order valence-corrected chi connectivity index (χ1v) is 10.5. The van der Waals surface area contributed by atoms with Gasteiger partial charge in [0.25, 0.3) is 0 Å². The average molecular weight is 414 g/mol. The molecule has 3 rings (SSSR count). The number of anilines is 1. The molecule has 0 aliphatic carbocycles. The first-order valence-electron chi connectivity index (χ1n) is 10.1. The van der Waals surface area contributed by atoms with Crippen LogP contribution in [0.2, 0.25) is 5.02 Å². The molecule has 2 aromatic rings. The van der Waals surface area contributed by atoms with Crippen LogP contribution in [-0.2, 0) is 16.0 Å². The maximum absolute atomic E-state index is 12.3. The quantitative estimate of drug-likeness (QED) is 0.725. The third-order valence-corrected chi connectivity index (χ3v) is 5.51. The highest BCUT2D eigenvalue weighted by Crippen LogP contribution is 2.22. The lowest BCUT2D eigenvalue weighted by Gasteiger charge is -2.31. The molecule has 2 N–H and O–H groups in total. The van der Waals surface area contributed by atoms with Crippen LogP contribution in [0.5, 0.6) is 0 Å². The van der Waals surface area contributed by atoms with Crippen LogP contribution in [0.4, 0.5) is 5.69 Å². The molecule has 6 heteroatoms. The summed E-state index contributed by atoms with van der Waals surface area (Å²) >= 11 is 6.18. The Labute approximate surface area is 177 Å². The number of nitrogens with one attached hydrogen (secondary N) is 2. The fraction of sp³-hybridized carbons (Fsp3) is 0.391. The number of nitrogens with zero attached hydrogens (tertiary/aromatic N) is 1. The van der Waals surface area contributed by atoms with Gasteiger partial charge in [0, 0.05) is 25.6 Å². The zero-order valence-electron chi connectivity index (χ0n) is 16.8. The van der Waals surface area contributed by atoms with Gasteiger partial charge in [-0.3, -0.25) is 14.5 Å². The molecule has 0 radical (unpaired) electrons. The Morgan fingerprint density at radius 1 is 1.07 bits per heavy atom. The van der Waals surface area contributed by atoms with Crippen molar-refractivity contribution in [2.75, 3.05) is 25.0 Å². The summed E-state index contributed by atoms with van der Waals surface area (Å²) in [7, 11) is 0. The lowest BCUT2D eigenvalue weighted by atomic mass is 10.0. The van der Waals surface area contributed by atoms with Crippen LogP contribution in [0.3, 0.4) is 0 Å². The van der Waals surface area contributed by atoms with E-state index in [4.69, 9.17) is 11.6 Å². The Morgan fingerprint density at radius 3 is 2.48 bits per heavy atom. The van der Waals surface area contributed by atoms with Crippen LogP contribution >= 0.6 is 11.6 Å². The van der Waals surface area contributed by atoms with Crippen molar-refractivity contribution in [3.63, 3.8) is 0 Å². The highest BCUT2D eigenvalue weighted by Gasteiger charge is 2.22. The highest BCUT2D eigenvalue weighted by molar-refractivity contribution is 6.33. The third kappa shape index (κ3) is 6.87. The van der Waals surface area contributed by atoms with Gasteiger partial charge in [-0.2, -0.15) is 0 Å². The van der Waals surface area contributed by atoms with E-state index in [0.29, 0.717) is 23.7 Å². The van der Waals surface area contributed by atoms with E-state index < -0.39 is 0 Å². The predicted molar refractivity (Wildman–Crippen MR) is 117 cm³/mol. The van der Waals surface area contributed by atoms with E-state index in [1.54, 1.807) is 0 Å². The van der Waals surface area contributed by atoms with E-state index in [9.17, 15) is 9.59 Å². The Bertz CT molecular complexity index is 833. The number of likely N-dealkylation sites (tertiary alicyclic amines) is 1. The highest BCUT2D eigenvalue weighted by atomic mass is 35.5. The van der Waals surface area contributed by atoms with Gasteiger partial charge in [-0.25, -0.2) is 0 Å². The summed E-state index contributed by atoms with van der Waals surface area (Å²) in [6.07, 6.45) is 2.97. The second kappa shape index (κ2) is 10.4. The van der Waals surface area contributed by atoms with Crippen LogP contribution in [0.15, 0.2) is 48.5 Å². The molecule has 0 atom stereocenters. The molecule has 0 saturated carbocycles. The fourth-order valence-electron chi connectivity index (χ4n) is 3.55. The van der Waals surface area contributed by atoms with Gasteiger partial charge in [-0.05, 0) is 49.4 Å². The predicted octanol–water partition coefficient (Wildman–Crippen LogP) is 3.80. The van der Waals surface area contributed by atoms with E-state index >= 15 is 0 Å². The van der Waals surface area contributed by atoms with Gasteiger partial charge >= 0.3 is 0 Å². The summed E-state index contributed by atoms with van der Waals surface area (Å²) in [5.74, 6) is 0.0279. The number of hydrogen-bond acceptors (Lipinski definition) is 3. The van der Waals surface area contributed by atoms with Gasteiger partial charge < -0.3 is 10.6 Å². The third-order valence-electron chi connectivity index (χ3n) is 5.20. The second-order valence-electron chi connectivity index (χ2n) is 7.64. The van der Waals surface area contributed by atoms with Crippen LogP contribution in [0, 0.1) is 6.92 Å². The number of rotatable bonds is 7. The molecule has 5 nitrogen and oxygen atoms in total. The molecule has 2 aromatic carbocycles. The average Bonchev–Trinajstić information content (AvgIpc) is 2.71. The lowest BCUT2D eigenvalue weighted by molar-refractivity contribution is -0.122. The number of halogens is 1. The van der Waals surface area contributed by atoms with Gasteiger partial charge in [-0.15, -0.1) is 0 Å². The molecule has 0 unspecified atom stereocenters. The standard InChI is InChI=1S/C23H28ClN3O2/c1-17-7-9-21(20(24)15-17)26-23(29)16-27-13-11-19(12-14-27)25-22(28)10-8-18-5-3-2-4-6-18/h2-7,9,15,19H,8,10-14,16H2,1H3,(H,25,28)(H,26,29). The smallest absolute Gasteiger partial charge is 0.238 e. The Kier molecular flexibility index (Phi) is 7.67. The maximum Gasteiger partial charge on any atom is 0.238 e. The van der Waals surface area contributed by atoms with Crippen molar-refractivity contribution in [3.8, 4) is 0 Å². The molecular weight excluding hydrogens is 386 g/mol. The van der Waals surface area contributed by atoms with E-state index in [0.717, 1.165) is 37.9 Å². The monoisotopic (exact) mass is 413 g/mol. The van der Waals surface area contributed by atoms with Gasteiger partial charge in [0.05, 0.1) is 17.3 Å². The summed E-state index contributed by atoms with van der Waals surface area (Å²) in [6.45, 7) is 3.87. The minimum atomic E-state index is -0.0684. The van der Waals surface area contributed by atoms with Crippen molar-refractivity contribution in [3.05, 3.63) is 64.7 Å². The van der Waals surface area contributed by atoms with Crippen molar-refractivity contribution < 1.29 is 9.59 Å². The molecule has 154 valence electrons. The number of amides is 2. The molecule has 0 spiro atoms. The summed E-state index contributed by atoms with van der Waals surface area (Å²) in [4.78, 5) is 26.6. The van der Waals surface area contributed by atoms with Crippen molar-refractivity contribution in [2.24, 2.45) is 0 Å². The first kappa shape index (κ1) is 21.3. The van der Waals surface area contributed by atoms with Crippen LogP contribution in [0.25, 0.3) is 0 Å².